The first kappa shape index (κ1) is 11.5. The number of benzene rings is 1. The van der Waals surface area contributed by atoms with E-state index in [0.29, 0.717) is 0 Å². The third-order valence-electron chi connectivity index (χ3n) is 2.13. The number of hydrogen-bond acceptors (Lipinski definition) is 4. The highest BCUT2D eigenvalue weighted by molar-refractivity contribution is 7.99. The summed E-state index contributed by atoms with van der Waals surface area (Å²) in [5.41, 5.74) is 1.06. The van der Waals surface area contributed by atoms with Gasteiger partial charge in [0.05, 0.1) is 0 Å². The van der Waals surface area contributed by atoms with Gasteiger partial charge in [-0.1, -0.05) is 30.3 Å². The van der Waals surface area contributed by atoms with Crippen LogP contribution in [-0.2, 0) is 0 Å². The lowest BCUT2D eigenvalue weighted by Gasteiger charge is -2.04. The SMILES string of the molecule is CSc1cc(SC)nc(-c2ccccc2)n1. The van der Waals surface area contributed by atoms with Gasteiger partial charge in [0.15, 0.2) is 5.82 Å². The van der Waals surface area contributed by atoms with Gasteiger partial charge in [0.2, 0.25) is 0 Å². The van der Waals surface area contributed by atoms with Crippen molar-refractivity contribution in [1.29, 1.82) is 0 Å². The minimum atomic E-state index is 0.803. The van der Waals surface area contributed by atoms with E-state index >= 15 is 0 Å². The van der Waals surface area contributed by atoms with Crippen molar-refractivity contribution in [3.8, 4) is 11.4 Å². The molecule has 0 unspecified atom stereocenters. The highest BCUT2D eigenvalue weighted by Crippen LogP contribution is 2.23. The van der Waals surface area contributed by atoms with Crippen LogP contribution in [0.15, 0.2) is 46.5 Å². The zero-order valence-electron chi connectivity index (χ0n) is 9.18. The Labute approximate surface area is 104 Å². The van der Waals surface area contributed by atoms with Crippen LogP contribution in [-0.4, -0.2) is 22.5 Å². The molecule has 0 aliphatic heterocycles. The van der Waals surface area contributed by atoms with Gasteiger partial charge in [-0.15, -0.1) is 23.5 Å². The molecule has 0 aliphatic carbocycles. The van der Waals surface area contributed by atoms with E-state index in [4.69, 9.17) is 0 Å². The Morgan fingerprint density at radius 2 is 1.44 bits per heavy atom. The lowest BCUT2D eigenvalue weighted by atomic mass is 10.2. The van der Waals surface area contributed by atoms with Crippen molar-refractivity contribution in [3.63, 3.8) is 0 Å². The standard InChI is InChI=1S/C12H12N2S2/c1-15-10-8-11(16-2)14-12(13-10)9-6-4-3-5-7-9/h3-8H,1-2H3. The quantitative estimate of drug-likeness (QED) is 0.612. The molecular weight excluding hydrogens is 236 g/mol. The van der Waals surface area contributed by atoms with Crippen LogP contribution in [0.2, 0.25) is 0 Å². The molecule has 0 spiro atoms. The van der Waals surface area contributed by atoms with Gasteiger partial charge in [-0.3, -0.25) is 0 Å². The first-order chi connectivity index (χ1) is 7.83. The van der Waals surface area contributed by atoms with Crippen molar-refractivity contribution in [3.05, 3.63) is 36.4 Å². The summed E-state index contributed by atoms with van der Waals surface area (Å²) in [6.07, 6.45) is 4.06. The lowest BCUT2D eigenvalue weighted by Crippen LogP contribution is -1.92. The molecule has 2 rings (SSSR count). The van der Waals surface area contributed by atoms with Gasteiger partial charge in [-0.05, 0) is 12.5 Å². The molecule has 0 radical (unpaired) electrons. The van der Waals surface area contributed by atoms with Gasteiger partial charge >= 0.3 is 0 Å². The molecule has 0 amide bonds. The average Bonchev–Trinajstić information content (AvgIpc) is 2.39. The Morgan fingerprint density at radius 1 is 0.875 bits per heavy atom. The van der Waals surface area contributed by atoms with Crippen molar-refractivity contribution in [1.82, 2.24) is 9.97 Å². The maximum Gasteiger partial charge on any atom is 0.161 e. The molecule has 1 heterocycles. The van der Waals surface area contributed by atoms with Gasteiger partial charge in [-0.25, -0.2) is 9.97 Å². The molecule has 0 atom stereocenters. The van der Waals surface area contributed by atoms with E-state index in [0.717, 1.165) is 21.4 Å². The minimum Gasteiger partial charge on any atom is -0.222 e. The third-order valence-corrected chi connectivity index (χ3v) is 3.38. The van der Waals surface area contributed by atoms with Crippen LogP contribution < -0.4 is 0 Å². The molecule has 2 aromatic rings. The van der Waals surface area contributed by atoms with E-state index in [-0.39, 0.29) is 0 Å². The van der Waals surface area contributed by atoms with Crippen LogP contribution in [0.3, 0.4) is 0 Å². The van der Waals surface area contributed by atoms with Crippen molar-refractivity contribution in [2.75, 3.05) is 12.5 Å². The molecule has 82 valence electrons. The van der Waals surface area contributed by atoms with E-state index in [9.17, 15) is 0 Å². The molecule has 4 heteroatoms. The number of aromatic nitrogens is 2. The molecule has 0 aliphatic rings. The van der Waals surface area contributed by atoms with Crippen molar-refractivity contribution in [2.45, 2.75) is 10.1 Å². The number of thioether (sulfide) groups is 2. The number of rotatable bonds is 3. The summed E-state index contributed by atoms with van der Waals surface area (Å²) >= 11 is 3.29. The average molecular weight is 248 g/mol. The molecule has 1 aromatic carbocycles. The van der Waals surface area contributed by atoms with Crippen LogP contribution in [0.5, 0.6) is 0 Å². The molecule has 0 bridgehead atoms. The summed E-state index contributed by atoms with van der Waals surface area (Å²) in [4.78, 5) is 9.02. The summed E-state index contributed by atoms with van der Waals surface area (Å²) < 4.78 is 0. The Bertz CT molecular complexity index is 449. The van der Waals surface area contributed by atoms with Crippen LogP contribution in [0, 0.1) is 0 Å². The molecule has 0 N–H and O–H groups in total. The molecule has 16 heavy (non-hydrogen) atoms. The second-order valence-electron chi connectivity index (χ2n) is 3.14. The zero-order valence-corrected chi connectivity index (χ0v) is 10.8. The molecule has 2 nitrogen and oxygen atoms in total. The van der Waals surface area contributed by atoms with Crippen molar-refractivity contribution in [2.24, 2.45) is 0 Å². The Kier molecular flexibility index (Phi) is 3.85. The van der Waals surface area contributed by atoms with Gasteiger partial charge in [0, 0.05) is 11.6 Å². The molecule has 0 fully saturated rings. The Hall–Kier alpha value is -1.00. The fraction of sp³-hybridized carbons (Fsp3) is 0.167. The highest BCUT2D eigenvalue weighted by Gasteiger charge is 2.05. The minimum absolute atomic E-state index is 0.803. The van der Waals surface area contributed by atoms with Gasteiger partial charge in [0.25, 0.3) is 0 Å². The molecular formula is C12H12N2S2. The van der Waals surface area contributed by atoms with E-state index in [1.165, 1.54) is 0 Å². The topological polar surface area (TPSA) is 25.8 Å². The normalized spacial score (nSPS) is 10.4. The van der Waals surface area contributed by atoms with E-state index in [2.05, 4.69) is 9.97 Å². The summed E-state index contributed by atoms with van der Waals surface area (Å²) in [6.45, 7) is 0. The maximum absolute atomic E-state index is 4.51. The van der Waals surface area contributed by atoms with Crippen LogP contribution in [0.4, 0.5) is 0 Å². The van der Waals surface area contributed by atoms with Crippen LogP contribution in [0.1, 0.15) is 0 Å². The van der Waals surface area contributed by atoms with Gasteiger partial charge in [-0.2, -0.15) is 0 Å². The van der Waals surface area contributed by atoms with Gasteiger partial charge in [0.1, 0.15) is 10.1 Å². The van der Waals surface area contributed by atoms with Crippen LogP contribution >= 0.6 is 23.5 Å². The largest absolute Gasteiger partial charge is 0.222 e. The predicted octanol–water partition coefficient (Wildman–Crippen LogP) is 3.59. The van der Waals surface area contributed by atoms with E-state index in [1.54, 1.807) is 23.5 Å². The Morgan fingerprint density at radius 3 is 1.94 bits per heavy atom. The van der Waals surface area contributed by atoms with Crippen molar-refractivity contribution >= 4 is 23.5 Å². The molecule has 1 aromatic heterocycles. The molecule has 0 saturated carbocycles. The zero-order chi connectivity index (χ0) is 11.4. The summed E-state index contributed by atoms with van der Waals surface area (Å²) in [5, 5.41) is 2.02. The first-order valence-corrected chi connectivity index (χ1v) is 7.31. The monoisotopic (exact) mass is 248 g/mol. The maximum atomic E-state index is 4.51. The highest BCUT2D eigenvalue weighted by atomic mass is 32.2. The lowest BCUT2D eigenvalue weighted by molar-refractivity contribution is 0.978. The fourth-order valence-electron chi connectivity index (χ4n) is 1.33. The second kappa shape index (κ2) is 5.37. The third kappa shape index (κ3) is 2.57. The van der Waals surface area contributed by atoms with E-state index in [1.807, 2.05) is 48.9 Å². The van der Waals surface area contributed by atoms with Crippen LogP contribution in [0.25, 0.3) is 11.4 Å². The van der Waals surface area contributed by atoms with Gasteiger partial charge < -0.3 is 0 Å². The fourth-order valence-corrected chi connectivity index (χ4v) is 2.22. The van der Waals surface area contributed by atoms with E-state index < -0.39 is 0 Å². The number of nitrogens with zero attached hydrogens (tertiary/aromatic N) is 2. The summed E-state index contributed by atoms with van der Waals surface area (Å²) in [7, 11) is 0. The molecule has 0 saturated heterocycles. The smallest absolute Gasteiger partial charge is 0.161 e. The summed E-state index contributed by atoms with van der Waals surface area (Å²) in [5.74, 6) is 0.803. The number of hydrogen-bond donors (Lipinski definition) is 0. The summed E-state index contributed by atoms with van der Waals surface area (Å²) in [6, 6.07) is 12.1. The first-order valence-electron chi connectivity index (χ1n) is 4.86. The van der Waals surface area contributed by atoms with Crippen molar-refractivity contribution < 1.29 is 0 Å². The predicted molar refractivity (Wildman–Crippen MR) is 71.0 cm³/mol. The Balaban J connectivity index is 2.48. The second-order valence-corrected chi connectivity index (χ2v) is 4.80.